The number of likely N-dealkylation sites (tertiary alicyclic amines) is 1. The lowest BCUT2D eigenvalue weighted by Crippen LogP contribution is -2.48. The molecule has 1 fully saturated rings. The molecule has 0 amide bonds. The Morgan fingerprint density at radius 2 is 2.00 bits per heavy atom. The van der Waals surface area contributed by atoms with Gasteiger partial charge < -0.3 is 4.74 Å². The van der Waals surface area contributed by atoms with Gasteiger partial charge >= 0.3 is 5.97 Å². The molecular formula is C17H21NO2. The van der Waals surface area contributed by atoms with E-state index in [9.17, 15) is 4.79 Å². The molecule has 20 heavy (non-hydrogen) atoms. The maximum absolute atomic E-state index is 12.4. The van der Waals surface area contributed by atoms with E-state index in [1.54, 1.807) is 0 Å². The average molecular weight is 271 g/mol. The van der Waals surface area contributed by atoms with Crippen LogP contribution in [0.25, 0.3) is 0 Å². The highest BCUT2D eigenvalue weighted by molar-refractivity contribution is 5.76. The van der Waals surface area contributed by atoms with Crippen molar-refractivity contribution in [2.75, 3.05) is 0 Å². The molecule has 3 heteroatoms. The summed E-state index contributed by atoms with van der Waals surface area (Å²) in [4.78, 5) is 14.6. The Morgan fingerprint density at radius 3 is 2.65 bits per heavy atom. The third kappa shape index (κ3) is 2.63. The summed E-state index contributed by atoms with van der Waals surface area (Å²) in [6.07, 6.45) is 6.21. The van der Waals surface area contributed by atoms with Gasteiger partial charge in [0.25, 0.3) is 0 Å². The summed E-state index contributed by atoms with van der Waals surface area (Å²) >= 11 is 0. The lowest BCUT2D eigenvalue weighted by molar-refractivity contribution is -0.151. The highest BCUT2D eigenvalue weighted by Gasteiger charge is 2.47. The molecular weight excluding hydrogens is 250 g/mol. The summed E-state index contributed by atoms with van der Waals surface area (Å²) in [6, 6.07) is 10.1. The minimum absolute atomic E-state index is 0.0740. The van der Waals surface area contributed by atoms with Gasteiger partial charge in [-0.05, 0) is 32.3 Å². The number of carbonyl (C=O) groups is 1. The van der Waals surface area contributed by atoms with Gasteiger partial charge in [-0.3, -0.25) is 9.69 Å². The first-order valence-electron chi connectivity index (χ1n) is 7.25. The Balaban J connectivity index is 1.62. The van der Waals surface area contributed by atoms with Crippen molar-refractivity contribution in [3.05, 3.63) is 48.0 Å². The molecule has 1 aliphatic carbocycles. The fourth-order valence-corrected chi connectivity index (χ4v) is 3.08. The molecule has 0 bridgehead atoms. The van der Waals surface area contributed by atoms with Gasteiger partial charge in [0.15, 0.2) is 0 Å². The van der Waals surface area contributed by atoms with Crippen LogP contribution in [-0.4, -0.2) is 28.5 Å². The molecule has 106 valence electrons. The molecule has 0 saturated carbocycles. The molecule has 0 N–H and O–H groups in total. The lowest BCUT2D eigenvalue weighted by Gasteiger charge is -2.35. The fourth-order valence-electron chi connectivity index (χ4n) is 3.08. The first-order valence-corrected chi connectivity index (χ1v) is 7.25. The predicted molar refractivity (Wildman–Crippen MR) is 78.1 cm³/mol. The van der Waals surface area contributed by atoms with Gasteiger partial charge in [-0.15, -0.1) is 0 Å². The van der Waals surface area contributed by atoms with Crippen molar-refractivity contribution in [2.45, 2.75) is 50.9 Å². The van der Waals surface area contributed by atoms with Crippen molar-refractivity contribution in [3.63, 3.8) is 0 Å². The summed E-state index contributed by atoms with van der Waals surface area (Å²) in [6.45, 7) is 4.78. The van der Waals surface area contributed by atoms with Gasteiger partial charge in [0.2, 0.25) is 0 Å². The van der Waals surface area contributed by atoms with Crippen molar-refractivity contribution in [3.8, 4) is 0 Å². The largest absolute Gasteiger partial charge is 0.460 e. The van der Waals surface area contributed by atoms with Crippen LogP contribution in [0.15, 0.2) is 42.5 Å². The quantitative estimate of drug-likeness (QED) is 0.623. The molecule has 2 aliphatic rings. The van der Waals surface area contributed by atoms with E-state index in [-0.39, 0.29) is 17.6 Å². The van der Waals surface area contributed by atoms with Crippen LogP contribution in [0.5, 0.6) is 0 Å². The van der Waals surface area contributed by atoms with Gasteiger partial charge in [0.1, 0.15) is 12.6 Å². The smallest absolute Gasteiger partial charge is 0.323 e. The van der Waals surface area contributed by atoms with Crippen molar-refractivity contribution >= 4 is 5.97 Å². The van der Waals surface area contributed by atoms with Crippen LogP contribution in [0.3, 0.4) is 0 Å². The van der Waals surface area contributed by atoms with Crippen LogP contribution in [-0.2, 0) is 16.1 Å². The molecule has 1 aromatic rings. The monoisotopic (exact) mass is 271 g/mol. The number of hydrogen-bond acceptors (Lipinski definition) is 3. The van der Waals surface area contributed by atoms with Gasteiger partial charge in [-0.2, -0.15) is 0 Å². The van der Waals surface area contributed by atoms with Crippen LogP contribution in [0.1, 0.15) is 32.3 Å². The molecule has 0 spiro atoms. The number of esters is 1. The third-order valence-electron chi connectivity index (χ3n) is 4.25. The second-order valence-electron chi connectivity index (χ2n) is 6.24. The van der Waals surface area contributed by atoms with Crippen LogP contribution < -0.4 is 0 Å². The molecule has 0 radical (unpaired) electrons. The van der Waals surface area contributed by atoms with E-state index in [1.165, 1.54) is 0 Å². The van der Waals surface area contributed by atoms with E-state index in [2.05, 4.69) is 30.9 Å². The minimum atomic E-state index is -0.103. The van der Waals surface area contributed by atoms with E-state index in [0.29, 0.717) is 12.6 Å². The van der Waals surface area contributed by atoms with Gasteiger partial charge in [0, 0.05) is 11.6 Å². The molecule has 1 saturated heterocycles. The van der Waals surface area contributed by atoms with Crippen molar-refractivity contribution in [1.82, 2.24) is 4.90 Å². The summed E-state index contributed by atoms with van der Waals surface area (Å²) in [7, 11) is 0. The molecule has 1 heterocycles. The number of carbonyl (C=O) groups excluding carboxylic acids is 1. The number of benzene rings is 1. The predicted octanol–water partition coefficient (Wildman–Crippen LogP) is 2.91. The van der Waals surface area contributed by atoms with Gasteiger partial charge in [-0.25, -0.2) is 0 Å². The van der Waals surface area contributed by atoms with Gasteiger partial charge in [-0.1, -0.05) is 42.5 Å². The summed E-state index contributed by atoms with van der Waals surface area (Å²) in [5, 5.41) is 0. The maximum Gasteiger partial charge on any atom is 0.323 e. The Hall–Kier alpha value is -1.61. The van der Waals surface area contributed by atoms with E-state index in [4.69, 9.17) is 4.74 Å². The molecule has 1 unspecified atom stereocenters. The molecule has 3 nitrogen and oxygen atoms in total. The number of hydrogen-bond donors (Lipinski definition) is 0. The first-order chi connectivity index (χ1) is 9.58. The Kier molecular flexibility index (Phi) is 3.38. The standard InChI is InChI=1S/C17H21NO2/c1-17(2)11-10-15(18(17)14-8-9-14)16(19)20-12-13-6-4-3-5-7-13/h3-9,14-15H,10-12H2,1-2H3. The van der Waals surface area contributed by atoms with E-state index in [0.717, 1.165) is 18.4 Å². The SMILES string of the molecule is CC1(C)CCC(C(=O)OCc2ccccc2)N1C1C=C1. The highest BCUT2D eigenvalue weighted by atomic mass is 16.5. The zero-order valence-corrected chi connectivity index (χ0v) is 12.1. The van der Waals surface area contributed by atoms with Gasteiger partial charge in [0.05, 0.1) is 0 Å². The summed E-state index contributed by atoms with van der Waals surface area (Å²) in [5.41, 5.74) is 1.11. The second-order valence-corrected chi connectivity index (χ2v) is 6.24. The average Bonchev–Trinajstić information content (AvgIpc) is 3.21. The molecule has 1 aromatic carbocycles. The second kappa shape index (κ2) is 5.06. The van der Waals surface area contributed by atoms with E-state index >= 15 is 0 Å². The fraction of sp³-hybridized carbons (Fsp3) is 0.471. The third-order valence-corrected chi connectivity index (χ3v) is 4.25. The van der Waals surface area contributed by atoms with Crippen LogP contribution in [0.2, 0.25) is 0 Å². The van der Waals surface area contributed by atoms with E-state index < -0.39 is 0 Å². The van der Waals surface area contributed by atoms with Crippen LogP contribution in [0, 0.1) is 0 Å². The van der Waals surface area contributed by atoms with E-state index in [1.807, 2.05) is 30.3 Å². The Labute approximate surface area is 120 Å². The molecule has 0 aromatic heterocycles. The van der Waals surface area contributed by atoms with Crippen molar-refractivity contribution in [2.24, 2.45) is 0 Å². The molecule has 3 rings (SSSR count). The zero-order valence-electron chi connectivity index (χ0n) is 12.1. The highest BCUT2D eigenvalue weighted by Crippen LogP contribution is 2.39. The number of nitrogens with zero attached hydrogens (tertiary/aromatic N) is 1. The number of ether oxygens (including phenoxy) is 1. The zero-order chi connectivity index (χ0) is 14.2. The summed E-state index contributed by atoms with van der Waals surface area (Å²) in [5.74, 6) is -0.0897. The Bertz CT molecular complexity index is 515. The molecule has 1 aliphatic heterocycles. The topological polar surface area (TPSA) is 29.5 Å². The number of rotatable bonds is 4. The normalized spacial score (nSPS) is 24.8. The van der Waals surface area contributed by atoms with Crippen molar-refractivity contribution in [1.29, 1.82) is 0 Å². The lowest BCUT2D eigenvalue weighted by atomic mass is 10.0. The maximum atomic E-state index is 12.4. The van der Waals surface area contributed by atoms with Crippen LogP contribution >= 0.6 is 0 Å². The van der Waals surface area contributed by atoms with Crippen LogP contribution in [0.4, 0.5) is 0 Å². The molecule has 1 atom stereocenters. The summed E-state index contributed by atoms with van der Waals surface area (Å²) < 4.78 is 5.51. The first kappa shape index (κ1) is 13.4. The Morgan fingerprint density at radius 1 is 1.30 bits per heavy atom. The minimum Gasteiger partial charge on any atom is -0.460 e. The van der Waals surface area contributed by atoms with Crippen molar-refractivity contribution < 1.29 is 9.53 Å².